The fraction of sp³-hybridized carbons (Fsp3) is 0.667. The maximum Gasteiger partial charge on any atom is 0.175 e. The van der Waals surface area contributed by atoms with Crippen molar-refractivity contribution >= 4 is 23.2 Å². The SMILES string of the molecule is CC(C)CN1C(=S)NC(=N[C@H](COc2ccccc2)C(C)(C)C)C12CCCCC2. The maximum atomic E-state index is 6.12. The van der Waals surface area contributed by atoms with Crippen molar-refractivity contribution in [3.63, 3.8) is 0 Å². The van der Waals surface area contributed by atoms with Gasteiger partial charge in [-0.3, -0.25) is 4.99 Å². The Morgan fingerprint density at radius 2 is 1.79 bits per heavy atom. The van der Waals surface area contributed by atoms with E-state index in [0.717, 1.165) is 36.1 Å². The van der Waals surface area contributed by atoms with Gasteiger partial charge in [0.05, 0.1) is 11.6 Å². The Bertz CT molecular complexity index is 717. The van der Waals surface area contributed by atoms with Crippen LogP contribution >= 0.6 is 12.2 Å². The molecule has 1 saturated carbocycles. The van der Waals surface area contributed by atoms with Crippen LogP contribution in [0.3, 0.4) is 0 Å². The van der Waals surface area contributed by atoms with Crippen LogP contribution in [0.1, 0.15) is 66.7 Å². The van der Waals surface area contributed by atoms with E-state index in [0.29, 0.717) is 12.5 Å². The van der Waals surface area contributed by atoms with Crippen molar-refractivity contribution in [2.75, 3.05) is 13.2 Å². The zero-order valence-electron chi connectivity index (χ0n) is 18.7. The van der Waals surface area contributed by atoms with Gasteiger partial charge in [0.15, 0.2) is 5.11 Å². The molecule has 4 nitrogen and oxygen atoms in total. The molecule has 1 N–H and O–H groups in total. The quantitative estimate of drug-likeness (QED) is 0.629. The molecular weight excluding hydrogens is 378 g/mol. The number of nitrogens with zero attached hydrogens (tertiary/aromatic N) is 2. The first-order valence-electron chi connectivity index (χ1n) is 11.1. The Kier molecular flexibility index (Phi) is 6.87. The number of amidine groups is 1. The van der Waals surface area contributed by atoms with E-state index in [1.54, 1.807) is 0 Å². The number of para-hydroxylation sites is 1. The van der Waals surface area contributed by atoms with Gasteiger partial charge in [-0.15, -0.1) is 0 Å². The number of aliphatic imine (C=N–C) groups is 1. The number of benzene rings is 1. The zero-order chi connectivity index (χ0) is 21.1. The van der Waals surface area contributed by atoms with Crippen LogP contribution in [0.25, 0.3) is 0 Å². The lowest BCUT2D eigenvalue weighted by molar-refractivity contribution is 0.178. The highest BCUT2D eigenvalue weighted by molar-refractivity contribution is 7.80. The van der Waals surface area contributed by atoms with E-state index in [2.05, 4.69) is 44.8 Å². The molecule has 2 aliphatic rings. The van der Waals surface area contributed by atoms with E-state index in [1.807, 2.05) is 30.3 Å². The number of hydrogen-bond donors (Lipinski definition) is 1. The Morgan fingerprint density at radius 1 is 1.14 bits per heavy atom. The first-order chi connectivity index (χ1) is 13.7. The number of nitrogens with one attached hydrogen (secondary N) is 1. The minimum absolute atomic E-state index is 0.00754. The first kappa shape index (κ1) is 22.1. The summed E-state index contributed by atoms with van der Waals surface area (Å²) >= 11 is 5.78. The number of hydrogen-bond acceptors (Lipinski definition) is 3. The largest absolute Gasteiger partial charge is 0.491 e. The van der Waals surface area contributed by atoms with Crippen molar-refractivity contribution in [1.82, 2.24) is 10.2 Å². The van der Waals surface area contributed by atoms with Gasteiger partial charge in [-0.1, -0.05) is 72.1 Å². The molecule has 0 unspecified atom stereocenters. The van der Waals surface area contributed by atoms with Crippen molar-refractivity contribution in [2.24, 2.45) is 16.3 Å². The van der Waals surface area contributed by atoms with Gasteiger partial charge in [0.25, 0.3) is 0 Å². The van der Waals surface area contributed by atoms with Crippen LogP contribution in [0.2, 0.25) is 0 Å². The summed E-state index contributed by atoms with van der Waals surface area (Å²) in [6, 6.07) is 10.1. The second-order valence-corrected chi connectivity index (χ2v) is 10.4. The molecule has 1 atom stereocenters. The predicted octanol–water partition coefficient (Wildman–Crippen LogP) is 5.43. The second kappa shape index (κ2) is 9.03. The summed E-state index contributed by atoms with van der Waals surface area (Å²) in [5.41, 5.74) is -0.0672. The fourth-order valence-electron chi connectivity index (χ4n) is 4.35. The summed E-state index contributed by atoms with van der Waals surface area (Å²) in [6.45, 7) is 12.8. The Balaban J connectivity index is 1.89. The van der Waals surface area contributed by atoms with E-state index in [-0.39, 0.29) is 17.0 Å². The molecule has 0 bridgehead atoms. The zero-order valence-corrected chi connectivity index (χ0v) is 19.5. The van der Waals surface area contributed by atoms with Crippen molar-refractivity contribution < 1.29 is 4.74 Å². The summed E-state index contributed by atoms with van der Waals surface area (Å²) in [5, 5.41) is 4.37. The van der Waals surface area contributed by atoms with Gasteiger partial charge in [-0.2, -0.15) is 0 Å². The van der Waals surface area contributed by atoms with Crippen LogP contribution in [-0.4, -0.2) is 40.6 Å². The van der Waals surface area contributed by atoms with Gasteiger partial charge in [-0.05, 0) is 48.5 Å². The lowest BCUT2D eigenvalue weighted by Gasteiger charge is -2.42. The topological polar surface area (TPSA) is 36.9 Å². The second-order valence-electron chi connectivity index (χ2n) is 10.0. The third-order valence-corrected chi connectivity index (χ3v) is 6.41. The van der Waals surface area contributed by atoms with Gasteiger partial charge >= 0.3 is 0 Å². The average Bonchev–Trinajstić information content (AvgIpc) is 2.90. The molecule has 29 heavy (non-hydrogen) atoms. The van der Waals surface area contributed by atoms with E-state index < -0.39 is 0 Å². The van der Waals surface area contributed by atoms with Gasteiger partial charge < -0.3 is 15.0 Å². The maximum absolute atomic E-state index is 6.12. The Labute approximate surface area is 182 Å². The van der Waals surface area contributed by atoms with Gasteiger partial charge in [0.1, 0.15) is 18.2 Å². The standard InChI is InChI=1S/C24H37N3OS/c1-18(2)16-27-22(29)26-21(24(27)14-10-7-11-15-24)25-20(23(3,4)5)17-28-19-12-8-6-9-13-19/h6,8-9,12-13,18,20H,7,10-11,14-17H2,1-5H3,(H,25,26,29)/t20-/m1/s1. The van der Waals surface area contributed by atoms with Crippen molar-refractivity contribution in [2.45, 2.75) is 78.3 Å². The molecule has 1 saturated heterocycles. The third-order valence-electron chi connectivity index (χ3n) is 6.09. The van der Waals surface area contributed by atoms with Gasteiger partial charge in [0.2, 0.25) is 0 Å². The smallest absolute Gasteiger partial charge is 0.175 e. The lowest BCUT2D eigenvalue weighted by Crippen LogP contribution is -2.52. The van der Waals surface area contributed by atoms with Gasteiger partial charge in [0, 0.05) is 6.54 Å². The molecule has 5 heteroatoms. The van der Waals surface area contributed by atoms with Crippen LogP contribution in [0.5, 0.6) is 5.75 Å². The fourth-order valence-corrected chi connectivity index (χ4v) is 4.70. The summed E-state index contributed by atoms with van der Waals surface area (Å²) < 4.78 is 6.12. The summed E-state index contributed by atoms with van der Waals surface area (Å²) in [4.78, 5) is 7.73. The Hall–Kier alpha value is -1.62. The van der Waals surface area contributed by atoms with Crippen LogP contribution in [-0.2, 0) is 0 Å². The molecule has 0 amide bonds. The molecule has 1 aliphatic carbocycles. The molecule has 1 aliphatic heterocycles. The molecular formula is C24H37N3OS. The van der Waals surface area contributed by atoms with Crippen LogP contribution in [0, 0.1) is 11.3 Å². The van der Waals surface area contributed by atoms with E-state index >= 15 is 0 Å². The molecule has 1 spiro atoms. The minimum Gasteiger partial charge on any atom is -0.491 e. The number of rotatable bonds is 6. The van der Waals surface area contributed by atoms with Crippen molar-refractivity contribution in [3.8, 4) is 5.75 Å². The van der Waals surface area contributed by atoms with Crippen LogP contribution in [0.4, 0.5) is 0 Å². The molecule has 160 valence electrons. The van der Waals surface area contributed by atoms with Crippen LogP contribution in [0.15, 0.2) is 35.3 Å². The van der Waals surface area contributed by atoms with Crippen molar-refractivity contribution in [1.29, 1.82) is 0 Å². The van der Waals surface area contributed by atoms with E-state index in [1.165, 1.54) is 19.3 Å². The highest BCUT2D eigenvalue weighted by Gasteiger charge is 2.49. The molecule has 0 radical (unpaired) electrons. The van der Waals surface area contributed by atoms with E-state index in [4.69, 9.17) is 21.9 Å². The molecule has 0 aromatic heterocycles. The average molecular weight is 416 g/mol. The molecule has 2 fully saturated rings. The molecule has 1 heterocycles. The third kappa shape index (κ3) is 5.11. The first-order valence-corrected chi connectivity index (χ1v) is 11.5. The highest BCUT2D eigenvalue weighted by Crippen LogP contribution is 2.39. The van der Waals surface area contributed by atoms with Gasteiger partial charge in [-0.25, -0.2) is 0 Å². The summed E-state index contributed by atoms with van der Waals surface area (Å²) in [6.07, 6.45) is 6.03. The summed E-state index contributed by atoms with van der Waals surface area (Å²) in [5.74, 6) is 2.53. The minimum atomic E-state index is -0.0597. The lowest BCUT2D eigenvalue weighted by atomic mass is 9.79. The predicted molar refractivity (Wildman–Crippen MR) is 126 cm³/mol. The summed E-state index contributed by atoms with van der Waals surface area (Å²) in [7, 11) is 0. The Morgan fingerprint density at radius 3 is 2.38 bits per heavy atom. The molecule has 1 aromatic carbocycles. The number of thiocarbonyl (C=S) groups is 1. The van der Waals surface area contributed by atoms with Crippen molar-refractivity contribution in [3.05, 3.63) is 30.3 Å². The monoisotopic (exact) mass is 415 g/mol. The van der Waals surface area contributed by atoms with Crippen LogP contribution < -0.4 is 10.1 Å². The highest BCUT2D eigenvalue weighted by atomic mass is 32.1. The normalized spacial score (nSPS) is 21.7. The van der Waals surface area contributed by atoms with E-state index in [9.17, 15) is 0 Å². The number of ether oxygens (including phenoxy) is 1. The molecule has 3 rings (SSSR count). The molecule has 1 aromatic rings.